The van der Waals surface area contributed by atoms with E-state index in [1.165, 1.54) is 12.4 Å². The molecule has 4 nitrogen and oxygen atoms in total. The van der Waals surface area contributed by atoms with Crippen molar-refractivity contribution in [1.29, 1.82) is 0 Å². The fourth-order valence-electron chi connectivity index (χ4n) is 9.80. The fraction of sp³-hybridized carbons (Fsp3) is 1.00. The Bertz CT molecular complexity index is 3340. The van der Waals surface area contributed by atoms with Gasteiger partial charge < -0.3 is 0 Å². The van der Waals surface area contributed by atoms with Crippen molar-refractivity contribution in [3.05, 3.63) is 0 Å². The largest absolute Gasteiger partial charge is 0.138 e. The molecular formula is C17H20I108N4P2-10. The number of nitrogens with zero attached hydrogens (tertiary/aromatic N) is 1. The number of rotatable bonds is 51. The molecule has 4 heterocycles. The number of likely N-dealkylation sites (tertiary alicyclic amines) is 1. The first-order valence-electron chi connectivity index (χ1n) is 23.5. The molecule has 0 aromatic rings. The molecule has 4 aliphatic heterocycles. The summed E-state index contributed by atoms with van der Waals surface area (Å²) in [6.07, 6.45) is 2.60. The molecular weight excluding hydrogens is 14000 g/mol. The van der Waals surface area contributed by atoms with E-state index >= 15 is 0 Å². The first-order chi connectivity index (χ1) is 60.1. The summed E-state index contributed by atoms with van der Waals surface area (Å²) in [4.78, 5) is 4.19. The van der Waals surface area contributed by atoms with Crippen LogP contribution < -0.4 is 156 Å². The van der Waals surface area contributed by atoms with Gasteiger partial charge in [-0.2, -0.15) is 0 Å². The predicted octanol–water partition coefficient (Wildman–Crippen LogP) is 54.8. The molecule has 884 valence electrons. The van der Waals surface area contributed by atoms with E-state index in [9.17, 15) is 0 Å². The normalized spacial score (nSPS) is 32.4. The maximum atomic E-state index is 6.17. The van der Waals surface area contributed by atoms with Crippen molar-refractivity contribution in [1.82, 2.24) is 20.9 Å². The zero-order chi connectivity index (χ0) is 103. The van der Waals surface area contributed by atoms with Crippen LogP contribution in [-0.2, 0) is 0 Å². The second-order valence-corrected chi connectivity index (χ2v) is 1730. The molecule has 0 bridgehead atoms. The third-order valence-corrected chi connectivity index (χ3v) is 4140. The van der Waals surface area contributed by atoms with Crippen LogP contribution in [0.4, 0.5) is 0 Å². The number of alkyl halides is 18. The molecule has 0 aromatic carbocycles. The topological polar surface area (TPSA) is 39.3 Å². The van der Waals surface area contributed by atoms with E-state index in [1.807, 2.05) is 0 Å². The van der Waals surface area contributed by atoms with Gasteiger partial charge >= 0.3 is 1680 Å². The van der Waals surface area contributed by atoms with Crippen LogP contribution in [0.15, 0.2) is 0 Å². The Hall–Kier alpha value is 79.5. The minimum absolute atomic E-state index is 0.0229. The molecule has 0 spiro atoms. The van der Waals surface area contributed by atoms with Crippen molar-refractivity contribution in [3.63, 3.8) is 0 Å². The molecule has 4 aliphatic rings. The van der Waals surface area contributed by atoms with Gasteiger partial charge in [0.2, 0.25) is 0 Å². The van der Waals surface area contributed by atoms with E-state index in [0.29, 0.717) is 99.7 Å². The maximum Gasteiger partial charge on any atom is -0.0410 e. The van der Waals surface area contributed by atoms with Gasteiger partial charge in [0, 0.05) is 0 Å². The Kier molecular flexibility index (Phi) is 171. The summed E-state index contributed by atoms with van der Waals surface area (Å²) in [5.41, 5.74) is 0. The van der Waals surface area contributed by atoms with E-state index in [4.69, 9.17) is 16.0 Å². The molecule has 0 amide bonds. The Labute approximate surface area is 1610 Å². The molecule has 0 aromatic heterocycles. The van der Waals surface area contributed by atoms with Crippen molar-refractivity contribution in [2.75, 3.05) is 12.4 Å². The fourth-order valence-corrected chi connectivity index (χ4v) is 6350. The summed E-state index contributed by atoms with van der Waals surface area (Å²) < 4.78 is 7.95. The van der Waals surface area contributed by atoms with E-state index < -0.39 is 379 Å². The van der Waals surface area contributed by atoms with Crippen LogP contribution in [0.3, 0.4) is 0 Å². The van der Waals surface area contributed by atoms with Crippen molar-refractivity contribution in [3.8, 4) is 0 Å². The quantitative estimate of drug-likeness (QED) is 0.0246. The standard InChI is InChI=1S/C8H8I54N2P.C7H5I54N2.C2H7P/c1-3(38-9)4(43(14)15)5(45(17)58(33)55(30)41-12,6(63-3,46(18)54(29)40-11)47(19)57(32)52(25)26)8(49(21)59(34)61(36)53(27)28,50(22)60(35)62(37)56(31)42-13)64(2-65)7(4,44(16)39-10)48(20)51(23)24;1-2(37-8)3(42(13)14)4(44(16)57(32)54(29)40-11,6(62-2,46(18)53(28)39-10)47(19)56(31)51(24)25)7(48(20)58(33)60(35)52(26)27,49(21)59(34)61(36)55(30)41-12)63-5(3,43(15)38-9)45(17)50(22)23;1-2-3/h63H,2,65H2,1H3;62-63H,1H3;2-3H2,1H3/q2*-5;. The molecule has 14 unspecified atom stereocenters. The summed E-state index contributed by atoms with van der Waals surface area (Å²) in [6, 6.07) is 0. The molecule has 114 heteroatoms. The minimum atomic E-state index is -1.67. The molecule has 14 atom stereocenters. The van der Waals surface area contributed by atoms with Crippen LogP contribution in [0, 0.1) is 0 Å². The van der Waals surface area contributed by atoms with Gasteiger partial charge in [0.1, 0.15) is 0 Å². The molecule has 4 fully saturated rings. The average Bonchev–Trinajstić information content (AvgIpc) is 1.42. The molecule has 131 heavy (non-hydrogen) atoms. The predicted molar refractivity (Wildman–Crippen MR) is 1460 cm³/mol. The van der Waals surface area contributed by atoms with Gasteiger partial charge in [-0.1, -0.05) is 6.92 Å². The molecule has 0 radical (unpaired) electrons. The van der Waals surface area contributed by atoms with Gasteiger partial charge in [-0.3, -0.25) is 0 Å². The Morgan fingerprint density at radius 3 is 0.763 bits per heavy atom. The summed E-state index contributed by atoms with van der Waals surface area (Å²) >= 11 is 177. The molecule has 4 saturated heterocycles. The van der Waals surface area contributed by atoms with Crippen LogP contribution >= 0.6 is 1480 Å². The van der Waals surface area contributed by atoms with Gasteiger partial charge in [0.05, 0.1) is 0 Å². The Balaban J connectivity index is 0.000000861. The monoisotopic (exact) mass is 14000 g/mol. The van der Waals surface area contributed by atoms with Crippen LogP contribution in [0.1, 0.15) is 20.8 Å². The molecule has 3 N–H and O–H groups in total. The maximum absolute atomic E-state index is 6.17. The van der Waals surface area contributed by atoms with Crippen LogP contribution in [-0.4, -0.2) is 47.4 Å². The smallest absolute Gasteiger partial charge is 0.0410 e. The third kappa shape index (κ3) is 52.3. The minimum Gasteiger partial charge on any atom is -0.138 e. The van der Waals surface area contributed by atoms with Crippen LogP contribution in [0.2, 0.25) is 0 Å². The number of fused-ring (bicyclic) bond motifs is 2. The van der Waals surface area contributed by atoms with Crippen LogP contribution in [0.5, 0.6) is 0 Å². The van der Waals surface area contributed by atoms with Gasteiger partial charge in [-0.25, -0.2) is 0 Å². The molecule has 4 rings (SSSR count). The number of hydrogen-bond acceptors (Lipinski definition) is 4. The molecule has 0 saturated carbocycles. The summed E-state index contributed by atoms with van der Waals surface area (Å²) in [7, 11) is -18.6. The van der Waals surface area contributed by atoms with Crippen LogP contribution in [0.25, 0.3) is 0 Å². The van der Waals surface area contributed by atoms with E-state index in [0.717, 1.165) is 9.95 Å². The van der Waals surface area contributed by atoms with E-state index in [1.54, 1.807) is 0 Å². The Morgan fingerprint density at radius 1 is 0.229 bits per heavy atom. The van der Waals surface area contributed by atoms with Gasteiger partial charge in [-0.05, 0) is 6.16 Å². The van der Waals surface area contributed by atoms with Gasteiger partial charge in [-0.15, -0.1) is 9.24 Å². The van der Waals surface area contributed by atoms with E-state index in [-0.39, 0.29) is 61.0 Å². The van der Waals surface area contributed by atoms with Gasteiger partial charge in [0.15, 0.2) is 0 Å². The zero-order valence-corrected chi connectivity index (χ0v) is 290. The SMILES string of the molecule is CC1([I-]I)NC(I(I)I(I)[I-]I)(I(I)I(I)I(I)I)C2(I(I)I(I)I(I)[I-]I)C(I(I)I(I)I(I)I(I)I)(I(I)I(I)I(I)I(I)[I-]I)N(CP)C(I(I)[I-]I)(I(I)I(I)I)C12I(I)I.CC1([I-]I)NC(I(I)I(I)[I-]I)(I(I)I(I)I(I)I)C2(I(I)I(I)I(I)[I-]I)C(I(I)I(I)I(I)I(I)I)(I(I)I(I)I(I)I(I)[I-]I)NC(I(I)[I-]I)(I(I)I(I)I)C12I(I)I.CCP. The summed E-state index contributed by atoms with van der Waals surface area (Å²) in [5, 5.41) is 17.9. The van der Waals surface area contributed by atoms with E-state index in [2.05, 4.69) is 1120 Å². The number of nitrogens with one attached hydrogen (secondary N) is 3. The second kappa shape index (κ2) is 109. The summed E-state index contributed by atoms with van der Waals surface area (Å²) in [5.74, 6) is 0. The number of hydrogen-bond donors (Lipinski definition) is 3. The first-order valence-corrected chi connectivity index (χ1v) is 610. The van der Waals surface area contributed by atoms with Crippen molar-refractivity contribution in [2.45, 2.75) is 50.9 Å². The molecule has 0 aliphatic carbocycles. The van der Waals surface area contributed by atoms with Crippen molar-refractivity contribution < 1.29 is 141 Å². The first kappa shape index (κ1) is 207. The summed E-state index contributed by atoms with van der Waals surface area (Å²) in [6.45, 7) is 8.51. The van der Waals surface area contributed by atoms with Crippen molar-refractivity contribution in [2.24, 2.45) is 0 Å². The van der Waals surface area contributed by atoms with Crippen molar-refractivity contribution >= 4 is 1480 Å². The zero-order valence-electron chi connectivity index (χ0n) is 54.3. The second-order valence-electron chi connectivity index (χ2n) is 17.0. The average molecular weight is 14000 g/mol. The third-order valence-electron chi connectivity index (χ3n) is 12.7. The Morgan fingerprint density at radius 2 is 0.489 bits per heavy atom. The van der Waals surface area contributed by atoms with Gasteiger partial charge in [0.25, 0.3) is 0 Å². The number of halogens is 108.